The van der Waals surface area contributed by atoms with Gasteiger partial charge in [0.15, 0.2) is 0 Å². The number of amides is 1. The highest BCUT2D eigenvalue weighted by atomic mass is 35.5. The zero-order valence-electron chi connectivity index (χ0n) is 14.5. The lowest BCUT2D eigenvalue weighted by molar-refractivity contribution is 0.0231. The Morgan fingerprint density at radius 3 is 2.81 bits per heavy atom. The van der Waals surface area contributed by atoms with Gasteiger partial charge in [0.25, 0.3) is 0 Å². The van der Waals surface area contributed by atoms with E-state index in [2.05, 4.69) is 10.2 Å². The summed E-state index contributed by atoms with van der Waals surface area (Å²) in [7, 11) is 1.37. The number of benzene rings is 1. The van der Waals surface area contributed by atoms with Crippen molar-refractivity contribution in [2.24, 2.45) is 11.3 Å². The number of carbonyl (C=O) groups excluding carboxylic acids is 1. The first-order valence-corrected chi connectivity index (χ1v) is 9.17. The van der Waals surface area contributed by atoms with E-state index in [4.69, 9.17) is 16.3 Å². The number of nitrogens with one attached hydrogen (secondary N) is 1. The second-order valence-corrected chi connectivity index (χ2v) is 7.69. The highest BCUT2D eigenvalue weighted by molar-refractivity contribution is 6.31. The molecule has 26 heavy (non-hydrogen) atoms. The van der Waals surface area contributed by atoms with E-state index in [0.717, 1.165) is 25.7 Å². The molecule has 6 nitrogen and oxygen atoms in total. The van der Waals surface area contributed by atoms with Gasteiger partial charge in [0.1, 0.15) is 5.82 Å². The van der Waals surface area contributed by atoms with Gasteiger partial charge in [-0.15, -0.1) is 0 Å². The zero-order chi connectivity index (χ0) is 18.5. The van der Waals surface area contributed by atoms with E-state index in [1.54, 1.807) is 11.1 Å². The topological polar surface area (TPSA) is 78.4 Å². The molecule has 1 aliphatic heterocycles. The summed E-state index contributed by atoms with van der Waals surface area (Å²) in [6.45, 7) is 1.17. The molecule has 2 aliphatic rings. The van der Waals surface area contributed by atoms with Gasteiger partial charge in [-0.25, -0.2) is 9.18 Å². The third-order valence-electron chi connectivity index (χ3n) is 6.05. The number of methoxy groups -OCH3 is 1. The van der Waals surface area contributed by atoms with Crippen molar-refractivity contribution in [2.75, 3.05) is 20.2 Å². The maximum Gasteiger partial charge on any atom is 0.409 e. The van der Waals surface area contributed by atoms with Crippen LogP contribution in [-0.4, -0.2) is 46.5 Å². The number of ether oxygens (including phenoxy) is 1. The number of aliphatic hydroxyl groups is 1. The van der Waals surface area contributed by atoms with Crippen LogP contribution < -0.4 is 0 Å². The van der Waals surface area contributed by atoms with Crippen LogP contribution in [0.1, 0.15) is 37.4 Å². The van der Waals surface area contributed by atoms with Crippen molar-refractivity contribution in [3.05, 3.63) is 28.7 Å². The number of fused-ring (bicyclic) bond motifs is 1. The Morgan fingerprint density at radius 1 is 1.50 bits per heavy atom. The maximum atomic E-state index is 14.8. The number of H-pyrrole nitrogens is 1. The Hall–Kier alpha value is -1.86. The van der Waals surface area contributed by atoms with E-state index in [1.807, 2.05) is 0 Å². The van der Waals surface area contributed by atoms with E-state index in [-0.39, 0.29) is 28.0 Å². The summed E-state index contributed by atoms with van der Waals surface area (Å²) >= 11 is 6.03. The molecule has 1 saturated carbocycles. The van der Waals surface area contributed by atoms with Crippen LogP contribution in [0.5, 0.6) is 0 Å². The fourth-order valence-electron chi connectivity index (χ4n) is 4.42. The Labute approximate surface area is 155 Å². The normalized spacial score (nSPS) is 21.0. The lowest BCUT2D eigenvalue weighted by Gasteiger charge is -2.38. The van der Waals surface area contributed by atoms with E-state index >= 15 is 0 Å². The summed E-state index contributed by atoms with van der Waals surface area (Å²) in [4.78, 5) is 13.3. The first kappa shape index (κ1) is 17.5. The summed E-state index contributed by atoms with van der Waals surface area (Å²) in [5.74, 6) is -0.371. The third-order valence-corrected chi connectivity index (χ3v) is 6.33. The molecule has 2 N–H and O–H groups in total. The first-order valence-electron chi connectivity index (χ1n) is 8.80. The fraction of sp³-hybridized carbons (Fsp3) is 0.556. The minimum atomic E-state index is -0.959. The zero-order valence-corrected chi connectivity index (χ0v) is 15.2. The monoisotopic (exact) mass is 381 g/mol. The summed E-state index contributed by atoms with van der Waals surface area (Å²) in [5, 5.41) is 18.6. The second-order valence-electron chi connectivity index (χ2n) is 7.29. The van der Waals surface area contributed by atoms with Gasteiger partial charge < -0.3 is 14.7 Å². The predicted octanol–water partition coefficient (Wildman–Crippen LogP) is 3.65. The molecule has 2 heterocycles. The van der Waals surface area contributed by atoms with Gasteiger partial charge in [-0.1, -0.05) is 11.6 Å². The van der Waals surface area contributed by atoms with E-state index in [9.17, 15) is 14.3 Å². The van der Waals surface area contributed by atoms with E-state index in [0.29, 0.717) is 24.0 Å². The van der Waals surface area contributed by atoms with Crippen LogP contribution in [0.25, 0.3) is 10.9 Å². The number of rotatable bonds is 3. The number of carbonyl (C=O) groups is 1. The number of hydrogen-bond donors (Lipinski definition) is 2. The molecule has 0 spiro atoms. The van der Waals surface area contributed by atoms with E-state index < -0.39 is 11.9 Å². The highest BCUT2D eigenvalue weighted by Crippen LogP contribution is 2.63. The number of likely N-dealkylation sites (tertiary alicyclic amines) is 1. The standard InChI is InChI=1S/C18H21ClFN3O3/c1-26-17(25)23-6-2-11(3-7-23)18(4-5-18)16(24)13-14(20)12(19)8-10-9-21-22-15(10)13/h8-9,11,16,24H,2-7H2,1H3,(H,21,22). The number of hydrogen-bond acceptors (Lipinski definition) is 4. The molecule has 2 aromatic rings. The van der Waals surface area contributed by atoms with Gasteiger partial charge in [0.05, 0.1) is 29.9 Å². The summed E-state index contributed by atoms with van der Waals surface area (Å²) in [6, 6.07) is 1.51. The molecule has 1 aromatic heterocycles. The quantitative estimate of drug-likeness (QED) is 0.850. The van der Waals surface area contributed by atoms with Crippen LogP contribution >= 0.6 is 11.6 Å². The number of aromatic nitrogens is 2. The number of piperidine rings is 1. The van der Waals surface area contributed by atoms with Crippen molar-refractivity contribution in [1.29, 1.82) is 0 Å². The minimum Gasteiger partial charge on any atom is -0.453 e. The largest absolute Gasteiger partial charge is 0.453 e. The smallest absolute Gasteiger partial charge is 0.409 e. The molecule has 140 valence electrons. The Kier molecular flexibility index (Phi) is 4.31. The molecule has 4 rings (SSSR count). The molecular formula is C18H21ClFN3O3. The van der Waals surface area contributed by atoms with Gasteiger partial charge in [-0.05, 0) is 37.7 Å². The lowest BCUT2D eigenvalue weighted by atomic mass is 9.75. The van der Waals surface area contributed by atoms with Crippen LogP contribution in [0.3, 0.4) is 0 Å². The minimum absolute atomic E-state index is 0.00994. The van der Waals surface area contributed by atoms with Crippen LogP contribution in [-0.2, 0) is 4.74 Å². The highest BCUT2D eigenvalue weighted by Gasteiger charge is 2.56. The van der Waals surface area contributed by atoms with Crippen LogP contribution in [0, 0.1) is 17.2 Å². The van der Waals surface area contributed by atoms with Gasteiger partial charge in [-0.3, -0.25) is 5.10 Å². The Balaban J connectivity index is 1.61. The van der Waals surface area contributed by atoms with Crippen LogP contribution in [0.4, 0.5) is 9.18 Å². The van der Waals surface area contributed by atoms with Crippen molar-refractivity contribution >= 4 is 28.6 Å². The summed E-state index contributed by atoms with van der Waals surface area (Å²) < 4.78 is 19.6. The molecule has 2 fully saturated rings. The first-order chi connectivity index (χ1) is 12.5. The molecule has 1 aliphatic carbocycles. The van der Waals surface area contributed by atoms with Gasteiger partial charge >= 0.3 is 6.09 Å². The predicted molar refractivity (Wildman–Crippen MR) is 94.4 cm³/mol. The summed E-state index contributed by atoms with van der Waals surface area (Å²) in [5.41, 5.74) is 0.335. The molecule has 1 atom stereocenters. The molecule has 1 unspecified atom stereocenters. The Bertz CT molecular complexity index is 844. The summed E-state index contributed by atoms with van der Waals surface area (Å²) in [6.07, 6.45) is 3.48. The molecule has 1 saturated heterocycles. The van der Waals surface area contributed by atoms with Crippen molar-refractivity contribution in [1.82, 2.24) is 15.1 Å². The molecular weight excluding hydrogens is 361 g/mol. The van der Waals surface area contributed by atoms with Crippen LogP contribution in [0.2, 0.25) is 5.02 Å². The van der Waals surface area contributed by atoms with Crippen molar-refractivity contribution < 1.29 is 19.0 Å². The molecule has 0 radical (unpaired) electrons. The van der Waals surface area contributed by atoms with Crippen molar-refractivity contribution in [3.8, 4) is 0 Å². The molecule has 1 amide bonds. The number of halogens is 2. The second kappa shape index (κ2) is 6.39. The molecule has 0 bridgehead atoms. The van der Waals surface area contributed by atoms with Crippen molar-refractivity contribution in [2.45, 2.75) is 31.8 Å². The number of nitrogens with zero attached hydrogens (tertiary/aromatic N) is 2. The van der Waals surface area contributed by atoms with Crippen molar-refractivity contribution in [3.63, 3.8) is 0 Å². The Morgan fingerprint density at radius 2 is 2.19 bits per heavy atom. The van der Waals surface area contributed by atoms with E-state index in [1.165, 1.54) is 13.2 Å². The van der Waals surface area contributed by atoms with Gasteiger partial charge in [0, 0.05) is 29.5 Å². The lowest BCUT2D eigenvalue weighted by Crippen LogP contribution is -2.41. The average Bonchev–Trinajstić information content (AvgIpc) is 3.35. The van der Waals surface area contributed by atoms with Gasteiger partial charge in [-0.2, -0.15) is 5.10 Å². The average molecular weight is 382 g/mol. The van der Waals surface area contributed by atoms with Crippen LogP contribution in [0.15, 0.2) is 12.3 Å². The fourth-order valence-corrected chi connectivity index (χ4v) is 4.64. The van der Waals surface area contributed by atoms with Gasteiger partial charge in [0.2, 0.25) is 0 Å². The molecule has 8 heteroatoms. The maximum absolute atomic E-state index is 14.8. The number of aliphatic hydroxyl groups excluding tert-OH is 1. The SMILES string of the molecule is COC(=O)N1CCC(C2(C(O)c3c(F)c(Cl)cc4cn[nH]c34)CC2)CC1. The third kappa shape index (κ3) is 2.65. The number of aromatic amines is 1. The molecule has 1 aromatic carbocycles.